The summed E-state index contributed by atoms with van der Waals surface area (Å²) in [7, 11) is 0. The predicted molar refractivity (Wildman–Crippen MR) is 143 cm³/mol. The standard InChI is InChI=1S/C33H22F2O2/c34-29-18-14-26(15-19-29)32(27-16-20-30(35)21-17-27)31(24-4-2-1-3-5-24)25-10-6-22(7-11-25)23-8-12-28(13-9-23)33(36)37/h1-21H,(H,36,37). The van der Waals surface area contributed by atoms with Gasteiger partial charge in [-0.1, -0.05) is 91.0 Å². The van der Waals surface area contributed by atoms with Gasteiger partial charge in [-0.05, 0) is 80.9 Å². The lowest BCUT2D eigenvalue weighted by atomic mass is 9.85. The van der Waals surface area contributed by atoms with E-state index in [-0.39, 0.29) is 17.2 Å². The van der Waals surface area contributed by atoms with Crippen LogP contribution in [0.25, 0.3) is 22.3 Å². The van der Waals surface area contributed by atoms with Crippen LogP contribution in [0.4, 0.5) is 8.78 Å². The Morgan fingerprint density at radius 2 is 0.757 bits per heavy atom. The number of hydrogen-bond donors (Lipinski definition) is 1. The van der Waals surface area contributed by atoms with Crippen molar-refractivity contribution < 1.29 is 18.7 Å². The van der Waals surface area contributed by atoms with Crippen molar-refractivity contribution >= 4 is 17.1 Å². The lowest BCUT2D eigenvalue weighted by molar-refractivity contribution is 0.0697. The van der Waals surface area contributed by atoms with Crippen molar-refractivity contribution in [3.63, 3.8) is 0 Å². The molecular formula is C33H22F2O2. The Morgan fingerprint density at radius 3 is 1.14 bits per heavy atom. The molecule has 0 radical (unpaired) electrons. The zero-order valence-electron chi connectivity index (χ0n) is 19.7. The van der Waals surface area contributed by atoms with E-state index < -0.39 is 5.97 Å². The van der Waals surface area contributed by atoms with Crippen molar-refractivity contribution in [2.75, 3.05) is 0 Å². The molecule has 0 spiro atoms. The van der Waals surface area contributed by atoms with Crippen LogP contribution in [0.15, 0.2) is 127 Å². The molecule has 0 aliphatic carbocycles. The lowest BCUT2D eigenvalue weighted by Crippen LogP contribution is -1.98. The van der Waals surface area contributed by atoms with Crippen LogP contribution in [0.1, 0.15) is 32.6 Å². The molecule has 0 atom stereocenters. The van der Waals surface area contributed by atoms with Crippen molar-refractivity contribution in [1.82, 2.24) is 0 Å². The number of carbonyl (C=O) groups is 1. The number of halogens is 2. The van der Waals surface area contributed by atoms with Gasteiger partial charge in [-0.2, -0.15) is 0 Å². The van der Waals surface area contributed by atoms with Gasteiger partial charge in [0, 0.05) is 0 Å². The number of hydrogen-bond acceptors (Lipinski definition) is 1. The maximum absolute atomic E-state index is 13.8. The highest BCUT2D eigenvalue weighted by molar-refractivity contribution is 6.04. The number of carboxylic acids is 1. The molecule has 5 aromatic rings. The maximum Gasteiger partial charge on any atom is 0.335 e. The second kappa shape index (κ2) is 10.4. The van der Waals surface area contributed by atoms with Gasteiger partial charge in [0.2, 0.25) is 0 Å². The Hall–Kier alpha value is -4.83. The van der Waals surface area contributed by atoms with Crippen molar-refractivity contribution in [2.45, 2.75) is 0 Å². The van der Waals surface area contributed by atoms with E-state index >= 15 is 0 Å². The monoisotopic (exact) mass is 488 g/mol. The van der Waals surface area contributed by atoms with Gasteiger partial charge in [0.05, 0.1) is 5.56 Å². The molecule has 0 bridgehead atoms. The molecule has 0 aliphatic rings. The van der Waals surface area contributed by atoms with Gasteiger partial charge in [0.25, 0.3) is 0 Å². The molecule has 0 saturated carbocycles. The van der Waals surface area contributed by atoms with E-state index in [9.17, 15) is 18.7 Å². The fourth-order valence-electron chi connectivity index (χ4n) is 4.38. The van der Waals surface area contributed by atoms with Crippen LogP contribution in [0.2, 0.25) is 0 Å². The molecule has 5 rings (SSSR count). The fourth-order valence-corrected chi connectivity index (χ4v) is 4.38. The van der Waals surface area contributed by atoms with Crippen LogP contribution in [-0.2, 0) is 0 Å². The molecule has 4 heteroatoms. The van der Waals surface area contributed by atoms with E-state index in [0.29, 0.717) is 0 Å². The van der Waals surface area contributed by atoms with Crippen molar-refractivity contribution in [1.29, 1.82) is 0 Å². The maximum atomic E-state index is 13.8. The summed E-state index contributed by atoms with van der Waals surface area (Å²) in [5, 5.41) is 9.18. The third kappa shape index (κ3) is 5.24. The molecule has 0 saturated heterocycles. The molecule has 0 heterocycles. The van der Waals surface area contributed by atoms with Crippen molar-refractivity contribution in [2.24, 2.45) is 0 Å². The first-order chi connectivity index (χ1) is 18.0. The SMILES string of the molecule is O=C(O)c1ccc(-c2ccc(C(=C(c3ccc(F)cc3)c3ccc(F)cc3)c3ccccc3)cc2)cc1. The highest BCUT2D eigenvalue weighted by Crippen LogP contribution is 2.37. The zero-order valence-corrected chi connectivity index (χ0v) is 19.7. The van der Waals surface area contributed by atoms with Crippen LogP contribution in [0, 0.1) is 11.6 Å². The molecule has 0 aromatic heterocycles. The number of carboxylic acid groups (broad SMARTS) is 1. The molecule has 0 amide bonds. The van der Waals surface area contributed by atoms with E-state index in [1.165, 1.54) is 24.3 Å². The molecule has 0 unspecified atom stereocenters. The summed E-state index contributed by atoms with van der Waals surface area (Å²) in [6.07, 6.45) is 0. The topological polar surface area (TPSA) is 37.3 Å². The normalized spacial score (nSPS) is 10.6. The summed E-state index contributed by atoms with van der Waals surface area (Å²) < 4.78 is 27.7. The molecule has 5 aromatic carbocycles. The van der Waals surface area contributed by atoms with Crippen LogP contribution in [0.5, 0.6) is 0 Å². The zero-order chi connectivity index (χ0) is 25.8. The summed E-state index contributed by atoms with van der Waals surface area (Å²) >= 11 is 0. The summed E-state index contributed by atoms with van der Waals surface area (Å²) in [5.41, 5.74) is 7.36. The largest absolute Gasteiger partial charge is 0.478 e. The molecule has 1 N–H and O–H groups in total. The Labute approximate surface area is 213 Å². The third-order valence-electron chi connectivity index (χ3n) is 6.22. The minimum Gasteiger partial charge on any atom is -0.478 e. The second-order valence-electron chi connectivity index (χ2n) is 8.59. The van der Waals surface area contributed by atoms with E-state index in [4.69, 9.17) is 0 Å². The van der Waals surface area contributed by atoms with Crippen molar-refractivity contribution in [3.05, 3.63) is 167 Å². The Bertz CT molecular complexity index is 1500. The van der Waals surface area contributed by atoms with Gasteiger partial charge in [-0.15, -0.1) is 0 Å². The molecule has 180 valence electrons. The van der Waals surface area contributed by atoms with Gasteiger partial charge in [-0.25, -0.2) is 13.6 Å². The third-order valence-corrected chi connectivity index (χ3v) is 6.22. The summed E-state index contributed by atoms with van der Waals surface area (Å²) in [6, 6.07) is 37.2. The minimum absolute atomic E-state index is 0.234. The van der Waals surface area contributed by atoms with E-state index in [1.807, 2.05) is 54.6 Å². The van der Waals surface area contributed by atoms with Crippen LogP contribution < -0.4 is 0 Å². The Kier molecular flexibility index (Phi) is 6.73. The Balaban J connectivity index is 1.70. The molecular weight excluding hydrogens is 466 g/mol. The van der Waals surface area contributed by atoms with Gasteiger partial charge >= 0.3 is 5.97 Å². The van der Waals surface area contributed by atoms with Gasteiger partial charge < -0.3 is 5.11 Å². The minimum atomic E-state index is -0.964. The second-order valence-corrected chi connectivity index (χ2v) is 8.59. The van der Waals surface area contributed by atoms with Gasteiger partial charge in [-0.3, -0.25) is 0 Å². The molecule has 0 aliphatic heterocycles. The first kappa shape index (κ1) is 23.9. The highest BCUT2D eigenvalue weighted by Gasteiger charge is 2.17. The van der Waals surface area contributed by atoms with Gasteiger partial charge in [0.1, 0.15) is 11.6 Å². The molecule has 37 heavy (non-hydrogen) atoms. The Morgan fingerprint density at radius 1 is 0.432 bits per heavy atom. The summed E-state index contributed by atoms with van der Waals surface area (Å²) in [4.78, 5) is 11.2. The van der Waals surface area contributed by atoms with E-state index in [1.54, 1.807) is 48.5 Å². The molecule has 0 fully saturated rings. The highest BCUT2D eigenvalue weighted by atomic mass is 19.1. The predicted octanol–water partition coefficient (Wildman–Crippen LogP) is 8.34. The summed E-state index contributed by atoms with van der Waals surface area (Å²) in [6.45, 7) is 0. The molecule has 2 nitrogen and oxygen atoms in total. The number of aromatic carboxylic acids is 1. The van der Waals surface area contributed by atoms with Crippen LogP contribution >= 0.6 is 0 Å². The average Bonchev–Trinajstić information content (AvgIpc) is 2.94. The van der Waals surface area contributed by atoms with Crippen molar-refractivity contribution in [3.8, 4) is 11.1 Å². The first-order valence-corrected chi connectivity index (χ1v) is 11.8. The fraction of sp³-hybridized carbons (Fsp3) is 0. The van der Waals surface area contributed by atoms with Crippen LogP contribution in [0.3, 0.4) is 0 Å². The van der Waals surface area contributed by atoms with E-state index in [0.717, 1.165) is 44.5 Å². The van der Waals surface area contributed by atoms with Crippen LogP contribution in [-0.4, -0.2) is 11.1 Å². The quantitative estimate of drug-likeness (QED) is 0.244. The number of rotatable bonds is 6. The summed E-state index contributed by atoms with van der Waals surface area (Å²) in [5.74, 6) is -1.63. The first-order valence-electron chi connectivity index (χ1n) is 11.8. The van der Waals surface area contributed by atoms with Gasteiger partial charge in [0.15, 0.2) is 0 Å². The van der Waals surface area contributed by atoms with E-state index in [2.05, 4.69) is 0 Å². The average molecular weight is 489 g/mol. The smallest absolute Gasteiger partial charge is 0.335 e. The lowest BCUT2D eigenvalue weighted by Gasteiger charge is -2.18. The number of benzene rings is 5.